The van der Waals surface area contributed by atoms with Gasteiger partial charge in [0, 0.05) is 19.7 Å². The van der Waals surface area contributed by atoms with E-state index in [1.807, 2.05) is 6.92 Å². The van der Waals surface area contributed by atoms with Crippen LogP contribution >= 0.6 is 0 Å². The third-order valence-electron chi connectivity index (χ3n) is 3.02. The summed E-state index contributed by atoms with van der Waals surface area (Å²) in [6.45, 7) is 3.93. The fourth-order valence-electron chi connectivity index (χ4n) is 2.27. The molecule has 0 aromatic carbocycles. The summed E-state index contributed by atoms with van der Waals surface area (Å²) in [4.78, 5) is 13.1. The molecule has 0 aromatic rings. The summed E-state index contributed by atoms with van der Waals surface area (Å²) in [5.74, 6) is 0.0502. The lowest BCUT2D eigenvalue weighted by Crippen LogP contribution is -2.41. The largest absolute Gasteiger partial charge is 0.391 e. The molecule has 1 N–H and O–H groups in total. The molecule has 0 saturated carbocycles. The number of β-amino-alcohol motifs (C(OH)–C–C–N with tert-alkyl or cyclic N) is 1. The molecule has 2 fully saturated rings. The number of carbonyl (C=O) groups excluding carboxylic acids is 1. The van der Waals surface area contributed by atoms with Gasteiger partial charge in [-0.25, -0.2) is 0 Å². The first kappa shape index (κ1) is 9.93. The van der Waals surface area contributed by atoms with Crippen LogP contribution < -0.4 is 0 Å². The number of rotatable bonds is 2. The topological polar surface area (TPSA) is 49.8 Å². The van der Waals surface area contributed by atoms with E-state index in [2.05, 4.69) is 0 Å². The molecule has 0 aromatic heterocycles. The van der Waals surface area contributed by atoms with Crippen molar-refractivity contribution in [2.75, 3.05) is 19.7 Å². The van der Waals surface area contributed by atoms with E-state index in [0.29, 0.717) is 13.1 Å². The number of ether oxygens (including phenoxy) is 1. The summed E-state index contributed by atoms with van der Waals surface area (Å²) < 4.78 is 5.61. The molecule has 0 radical (unpaired) electrons. The van der Waals surface area contributed by atoms with E-state index in [-0.39, 0.29) is 17.9 Å². The van der Waals surface area contributed by atoms with Crippen LogP contribution in [0, 0.1) is 0 Å². The van der Waals surface area contributed by atoms with E-state index in [1.54, 1.807) is 4.90 Å². The fraction of sp³-hybridized carbons (Fsp3) is 0.900. The molecule has 0 aliphatic carbocycles. The molecule has 0 bridgehead atoms. The van der Waals surface area contributed by atoms with Gasteiger partial charge >= 0.3 is 0 Å². The summed E-state index contributed by atoms with van der Waals surface area (Å²) >= 11 is 0. The number of hydrogen-bond acceptors (Lipinski definition) is 3. The Morgan fingerprint density at radius 2 is 2.50 bits per heavy atom. The third-order valence-corrected chi connectivity index (χ3v) is 3.02. The van der Waals surface area contributed by atoms with Crippen LogP contribution in [0.1, 0.15) is 26.2 Å². The molecule has 2 unspecified atom stereocenters. The minimum atomic E-state index is -0.479. The van der Waals surface area contributed by atoms with Gasteiger partial charge in [-0.2, -0.15) is 0 Å². The lowest BCUT2D eigenvalue weighted by molar-refractivity contribution is -0.130. The molecule has 2 aliphatic heterocycles. The predicted octanol–water partition coefficient (Wildman–Crippen LogP) is 0.149. The lowest BCUT2D eigenvalue weighted by atomic mass is 10.0. The first-order valence-electron chi connectivity index (χ1n) is 5.19. The highest BCUT2D eigenvalue weighted by Gasteiger charge is 2.37. The van der Waals surface area contributed by atoms with Crippen molar-refractivity contribution in [3.63, 3.8) is 0 Å². The zero-order valence-electron chi connectivity index (χ0n) is 8.53. The number of nitrogens with zero attached hydrogens (tertiary/aromatic N) is 1. The number of likely N-dealkylation sites (tertiary alicyclic amines) is 1. The van der Waals surface area contributed by atoms with Gasteiger partial charge in [-0.1, -0.05) is 0 Å². The highest BCUT2D eigenvalue weighted by atomic mass is 16.5. The second-order valence-electron chi connectivity index (χ2n) is 4.53. The Balaban J connectivity index is 1.93. The molecule has 14 heavy (non-hydrogen) atoms. The van der Waals surface area contributed by atoms with Crippen molar-refractivity contribution in [1.29, 1.82) is 0 Å². The summed E-state index contributed by atoms with van der Waals surface area (Å²) in [7, 11) is 0. The van der Waals surface area contributed by atoms with Crippen LogP contribution in [0.2, 0.25) is 0 Å². The number of aliphatic hydroxyl groups excluding tert-OH is 1. The van der Waals surface area contributed by atoms with Crippen LogP contribution in [-0.2, 0) is 9.53 Å². The van der Waals surface area contributed by atoms with Gasteiger partial charge in [0.05, 0.1) is 18.1 Å². The van der Waals surface area contributed by atoms with E-state index >= 15 is 0 Å². The van der Waals surface area contributed by atoms with E-state index < -0.39 is 6.10 Å². The van der Waals surface area contributed by atoms with Gasteiger partial charge in [0.15, 0.2) is 0 Å². The highest BCUT2D eigenvalue weighted by Crippen LogP contribution is 2.27. The summed E-state index contributed by atoms with van der Waals surface area (Å²) in [6.07, 6.45) is 1.87. The van der Waals surface area contributed by atoms with E-state index in [4.69, 9.17) is 4.74 Å². The fourth-order valence-corrected chi connectivity index (χ4v) is 2.27. The van der Waals surface area contributed by atoms with Crippen molar-refractivity contribution in [2.24, 2.45) is 0 Å². The van der Waals surface area contributed by atoms with Gasteiger partial charge in [-0.15, -0.1) is 0 Å². The second-order valence-corrected chi connectivity index (χ2v) is 4.53. The maximum Gasteiger partial charge on any atom is 0.225 e. The quantitative estimate of drug-likeness (QED) is 0.688. The van der Waals surface area contributed by atoms with Gasteiger partial charge in [-0.3, -0.25) is 4.79 Å². The van der Waals surface area contributed by atoms with Crippen molar-refractivity contribution in [1.82, 2.24) is 4.90 Å². The van der Waals surface area contributed by atoms with Crippen LogP contribution in [0.25, 0.3) is 0 Å². The number of carbonyl (C=O) groups is 1. The van der Waals surface area contributed by atoms with Crippen LogP contribution in [0.3, 0.4) is 0 Å². The Hall–Kier alpha value is -0.610. The van der Waals surface area contributed by atoms with Crippen molar-refractivity contribution in [3.05, 3.63) is 0 Å². The monoisotopic (exact) mass is 199 g/mol. The van der Waals surface area contributed by atoms with Crippen molar-refractivity contribution < 1.29 is 14.6 Å². The summed E-state index contributed by atoms with van der Waals surface area (Å²) in [5.41, 5.74) is -0.181. The summed E-state index contributed by atoms with van der Waals surface area (Å²) in [6, 6.07) is 0. The SMILES string of the molecule is CC1(CN2CC(O)CC2=O)CCCO1. The van der Waals surface area contributed by atoms with Crippen LogP contribution in [0.15, 0.2) is 0 Å². The van der Waals surface area contributed by atoms with Gasteiger partial charge in [0.25, 0.3) is 0 Å². The average Bonchev–Trinajstić information content (AvgIpc) is 2.61. The first-order valence-corrected chi connectivity index (χ1v) is 5.19. The van der Waals surface area contributed by atoms with Crippen LogP contribution in [0.5, 0.6) is 0 Å². The molecular formula is C10H17NO3. The highest BCUT2D eigenvalue weighted by molar-refractivity contribution is 5.79. The van der Waals surface area contributed by atoms with Crippen LogP contribution in [0.4, 0.5) is 0 Å². The molecule has 2 rings (SSSR count). The Labute approximate surface area is 83.8 Å². The lowest BCUT2D eigenvalue weighted by Gasteiger charge is -2.28. The van der Waals surface area contributed by atoms with E-state index in [1.165, 1.54) is 0 Å². The first-order chi connectivity index (χ1) is 6.59. The van der Waals surface area contributed by atoms with Gasteiger partial charge < -0.3 is 14.7 Å². The van der Waals surface area contributed by atoms with Gasteiger partial charge in [0.1, 0.15) is 0 Å². The molecule has 80 valence electrons. The molecule has 4 heteroatoms. The molecular weight excluding hydrogens is 182 g/mol. The van der Waals surface area contributed by atoms with Crippen molar-refractivity contribution in [3.8, 4) is 0 Å². The van der Waals surface area contributed by atoms with Gasteiger partial charge in [0.2, 0.25) is 5.91 Å². The van der Waals surface area contributed by atoms with E-state index in [9.17, 15) is 9.90 Å². The molecule has 1 amide bonds. The normalized spacial score (nSPS) is 38.3. The molecule has 2 saturated heterocycles. The third kappa shape index (κ3) is 1.91. The zero-order valence-corrected chi connectivity index (χ0v) is 8.53. The molecule has 4 nitrogen and oxygen atoms in total. The average molecular weight is 199 g/mol. The Kier molecular flexibility index (Phi) is 2.49. The Bertz CT molecular complexity index is 236. The number of amides is 1. The molecule has 0 spiro atoms. The smallest absolute Gasteiger partial charge is 0.225 e. The van der Waals surface area contributed by atoms with Crippen molar-refractivity contribution >= 4 is 5.91 Å². The van der Waals surface area contributed by atoms with E-state index in [0.717, 1.165) is 19.4 Å². The zero-order chi connectivity index (χ0) is 10.2. The molecule has 2 heterocycles. The second kappa shape index (κ2) is 3.51. The Morgan fingerprint density at radius 1 is 1.71 bits per heavy atom. The minimum absolute atomic E-state index is 0.0502. The van der Waals surface area contributed by atoms with Crippen LogP contribution in [-0.4, -0.2) is 47.3 Å². The van der Waals surface area contributed by atoms with Crippen molar-refractivity contribution in [2.45, 2.75) is 37.9 Å². The predicted molar refractivity (Wildman–Crippen MR) is 50.8 cm³/mol. The maximum absolute atomic E-state index is 11.4. The number of aliphatic hydroxyl groups is 1. The van der Waals surface area contributed by atoms with Gasteiger partial charge in [-0.05, 0) is 19.8 Å². The minimum Gasteiger partial charge on any atom is -0.391 e. The maximum atomic E-state index is 11.4. The summed E-state index contributed by atoms with van der Waals surface area (Å²) in [5, 5.41) is 9.32. The Morgan fingerprint density at radius 3 is 3.00 bits per heavy atom. The molecule has 2 atom stereocenters. The standard InChI is InChI=1S/C10H17NO3/c1-10(3-2-4-14-10)7-11-6-8(12)5-9(11)13/h8,12H,2-7H2,1H3. The molecule has 2 aliphatic rings. The number of hydrogen-bond donors (Lipinski definition) is 1.